The van der Waals surface area contributed by atoms with E-state index in [0.29, 0.717) is 0 Å². The zero-order chi connectivity index (χ0) is 22.7. The number of esters is 2. The van der Waals surface area contributed by atoms with Crippen molar-refractivity contribution in [2.45, 2.75) is 58.2 Å². The van der Waals surface area contributed by atoms with Crippen molar-refractivity contribution in [1.82, 2.24) is 0 Å². The molecule has 1 aromatic carbocycles. The van der Waals surface area contributed by atoms with Crippen LogP contribution in [0.3, 0.4) is 0 Å². The first-order valence-corrected chi connectivity index (χ1v) is 9.45. The van der Waals surface area contributed by atoms with Crippen molar-refractivity contribution in [3.8, 4) is 0 Å². The maximum Gasteiger partial charge on any atom is 0.348 e. The van der Waals surface area contributed by atoms with Crippen LogP contribution >= 0.6 is 0 Å². The van der Waals surface area contributed by atoms with E-state index in [-0.39, 0.29) is 17.9 Å². The summed E-state index contributed by atoms with van der Waals surface area (Å²) in [6, 6.07) is 4.88. The number of carbonyl (C=O) groups excluding carboxylic acids is 2. The van der Waals surface area contributed by atoms with Gasteiger partial charge in [-0.15, -0.1) is 6.58 Å². The maximum absolute atomic E-state index is 12.9. The fourth-order valence-electron chi connectivity index (χ4n) is 2.92. The summed E-state index contributed by atoms with van der Waals surface area (Å²) in [5.41, 5.74) is -0.925. The van der Waals surface area contributed by atoms with Crippen molar-refractivity contribution in [1.29, 1.82) is 0 Å². The number of ether oxygens (including phenoxy) is 4. The van der Waals surface area contributed by atoms with Gasteiger partial charge in [0, 0.05) is 12.1 Å². The summed E-state index contributed by atoms with van der Waals surface area (Å²) in [4.78, 5) is 35.7. The predicted octanol–water partition coefficient (Wildman–Crippen LogP) is 3.42. The summed E-state index contributed by atoms with van der Waals surface area (Å²) in [6.45, 7) is 12.5. The van der Waals surface area contributed by atoms with Gasteiger partial charge in [0.05, 0.1) is 29.1 Å². The van der Waals surface area contributed by atoms with Crippen LogP contribution in [0.25, 0.3) is 0 Å². The Bertz CT molecular complexity index is 809. The molecule has 0 spiro atoms. The van der Waals surface area contributed by atoms with Crippen LogP contribution in [0.4, 0.5) is 5.69 Å². The summed E-state index contributed by atoms with van der Waals surface area (Å²) >= 11 is 0. The molecule has 1 fully saturated rings. The maximum atomic E-state index is 12.9. The lowest BCUT2D eigenvalue weighted by Gasteiger charge is -2.30. The molecule has 164 valence electrons. The quantitative estimate of drug-likeness (QED) is 0.285. The highest BCUT2D eigenvalue weighted by atomic mass is 16.7. The molecule has 30 heavy (non-hydrogen) atoms. The molecular formula is C21H27NO8. The fourth-order valence-corrected chi connectivity index (χ4v) is 2.92. The topological polar surface area (TPSA) is 114 Å². The summed E-state index contributed by atoms with van der Waals surface area (Å²) in [5.74, 6) is -3.17. The Hall–Kier alpha value is -2.78. The average molecular weight is 421 g/mol. The van der Waals surface area contributed by atoms with Crippen LogP contribution in [0.15, 0.2) is 36.9 Å². The molecule has 1 aliphatic rings. The van der Waals surface area contributed by atoms with Gasteiger partial charge in [0.25, 0.3) is 5.69 Å². The van der Waals surface area contributed by atoms with Crippen LogP contribution in [0.2, 0.25) is 0 Å². The van der Waals surface area contributed by atoms with E-state index in [0.717, 1.165) is 0 Å². The van der Waals surface area contributed by atoms with Crippen LogP contribution in [0.5, 0.6) is 0 Å². The van der Waals surface area contributed by atoms with Crippen LogP contribution in [0, 0.1) is 16.0 Å². The van der Waals surface area contributed by atoms with E-state index < -0.39 is 46.4 Å². The molecule has 0 bridgehead atoms. The molecule has 0 radical (unpaired) electrons. The Labute approximate surface area is 175 Å². The zero-order valence-corrected chi connectivity index (χ0v) is 17.7. The van der Waals surface area contributed by atoms with Crippen LogP contribution in [0.1, 0.15) is 45.0 Å². The average Bonchev–Trinajstić information content (AvgIpc) is 2.99. The van der Waals surface area contributed by atoms with E-state index in [9.17, 15) is 19.7 Å². The minimum absolute atomic E-state index is 0.0564. The molecule has 2 unspecified atom stereocenters. The second-order valence-corrected chi connectivity index (χ2v) is 8.34. The van der Waals surface area contributed by atoms with Gasteiger partial charge < -0.3 is 18.9 Å². The first-order valence-electron chi connectivity index (χ1n) is 9.45. The third-order valence-corrected chi connectivity index (χ3v) is 4.27. The Morgan fingerprint density at radius 2 is 1.90 bits per heavy atom. The normalized spacial score (nSPS) is 20.1. The predicted molar refractivity (Wildman–Crippen MR) is 107 cm³/mol. The van der Waals surface area contributed by atoms with Crippen molar-refractivity contribution in [2.24, 2.45) is 5.92 Å². The Morgan fingerprint density at radius 3 is 2.33 bits per heavy atom. The number of rotatable bonds is 7. The smallest absolute Gasteiger partial charge is 0.348 e. The molecule has 9 heteroatoms. The van der Waals surface area contributed by atoms with Crippen molar-refractivity contribution in [3.63, 3.8) is 0 Å². The molecule has 9 nitrogen and oxygen atoms in total. The third-order valence-electron chi connectivity index (χ3n) is 4.27. The van der Waals surface area contributed by atoms with Crippen LogP contribution in [-0.2, 0) is 23.7 Å². The molecule has 0 N–H and O–H groups in total. The first-order chi connectivity index (χ1) is 13.8. The van der Waals surface area contributed by atoms with Gasteiger partial charge in [-0.1, -0.05) is 6.08 Å². The number of hydrogen-bond donors (Lipinski definition) is 0. The molecule has 1 heterocycles. The third kappa shape index (κ3) is 6.11. The van der Waals surface area contributed by atoms with Gasteiger partial charge in [0.1, 0.15) is 5.60 Å². The molecule has 0 aromatic heterocycles. The van der Waals surface area contributed by atoms with Crippen molar-refractivity contribution in [2.75, 3.05) is 6.61 Å². The van der Waals surface area contributed by atoms with Crippen LogP contribution < -0.4 is 0 Å². The largest absolute Gasteiger partial charge is 0.457 e. The number of non-ortho nitro benzene ring substituents is 1. The lowest BCUT2D eigenvalue weighted by atomic mass is 9.95. The fraction of sp³-hybridized carbons (Fsp3) is 0.524. The Balaban J connectivity index is 2.28. The number of nitrogens with zero attached hydrogens (tertiary/aromatic N) is 1. The molecule has 3 atom stereocenters. The minimum Gasteiger partial charge on any atom is -0.457 e. The molecule has 1 saturated heterocycles. The second-order valence-electron chi connectivity index (χ2n) is 8.34. The zero-order valence-electron chi connectivity index (χ0n) is 17.7. The summed E-state index contributed by atoms with van der Waals surface area (Å²) in [6.07, 6.45) is -0.459. The van der Waals surface area contributed by atoms with Crippen LogP contribution in [-0.4, -0.2) is 47.1 Å². The van der Waals surface area contributed by atoms with Gasteiger partial charge in [-0.3, -0.25) is 10.1 Å². The number of hydrogen-bond acceptors (Lipinski definition) is 8. The number of carbonyl (C=O) groups is 2. The Morgan fingerprint density at radius 1 is 1.30 bits per heavy atom. The van der Waals surface area contributed by atoms with E-state index in [1.165, 1.54) is 30.3 Å². The minimum atomic E-state index is -1.34. The summed E-state index contributed by atoms with van der Waals surface area (Å²) in [7, 11) is 0. The van der Waals surface area contributed by atoms with E-state index in [2.05, 4.69) is 6.58 Å². The van der Waals surface area contributed by atoms with Gasteiger partial charge in [0.2, 0.25) is 6.10 Å². The monoisotopic (exact) mass is 421 g/mol. The highest BCUT2D eigenvalue weighted by molar-refractivity contribution is 5.91. The van der Waals surface area contributed by atoms with Crippen molar-refractivity contribution >= 4 is 17.6 Å². The highest BCUT2D eigenvalue weighted by Gasteiger charge is 2.44. The number of nitro groups is 1. The van der Waals surface area contributed by atoms with Gasteiger partial charge >= 0.3 is 11.9 Å². The van der Waals surface area contributed by atoms with Gasteiger partial charge in [-0.2, -0.15) is 0 Å². The van der Waals surface area contributed by atoms with E-state index in [1.807, 2.05) is 0 Å². The number of nitro benzene ring substituents is 1. The standard InChI is InChI=1S/C21H27NO8/c1-7-15(16-12-27-21(5,6)29-16)17(19(24)30-20(2,3)4)28-18(23)13-8-10-14(11-9-13)22(25)26/h7-11,15-17H,1,12H2,2-6H3/t15?,16-,17?/m0/s1. The molecule has 1 aliphatic heterocycles. The van der Waals surface area contributed by atoms with E-state index in [4.69, 9.17) is 18.9 Å². The number of benzene rings is 1. The SMILES string of the molecule is C=CC(C(OC(=O)c1ccc([N+](=O)[O-])cc1)C(=O)OC(C)(C)C)[C@@H]1COC(C)(C)O1. The summed E-state index contributed by atoms with van der Waals surface area (Å²) in [5, 5.41) is 10.8. The molecule has 0 saturated carbocycles. The van der Waals surface area contributed by atoms with E-state index in [1.54, 1.807) is 34.6 Å². The molecular weight excluding hydrogens is 394 g/mol. The first kappa shape index (κ1) is 23.5. The lowest BCUT2D eigenvalue weighted by molar-refractivity contribution is -0.384. The second kappa shape index (κ2) is 8.93. The molecule has 2 rings (SSSR count). The van der Waals surface area contributed by atoms with Gasteiger partial charge in [-0.25, -0.2) is 9.59 Å². The Kier molecular flexibility index (Phi) is 6.99. The lowest BCUT2D eigenvalue weighted by Crippen LogP contribution is -2.44. The highest BCUT2D eigenvalue weighted by Crippen LogP contribution is 2.31. The molecule has 0 aliphatic carbocycles. The molecule has 1 aromatic rings. The summed E-state index contributed by atoms with van der Waals surface area (Å²) < 4.78 is 22.3. The van der Waals surface area contributed by atoms with Crippen molar-refractivity contribution < 1.29 is 33.5 Å². The molecule has 0 amide bonds. The van der Waals surface area contributed by atoms with Crippen molar-refractivity contribution in [3.05, 3.63) is 52.6 Å². The van der Waals surface area contributed by atoms with Gasteiger partial charge in [-0.05, 0) is 46.8 Å². The van der Waals surface area contributed by atoms with Gasteiger partial charge in [0.15, 0.2) is 5.79 Å². The van der Waals surface area contributed by atoms with E-state index >= 15 is 0 Å².